The first-order valence-electron chi connectivity index (χ1n) is 12.4. The van der Waals surface area contributed by atoms with Crippen molar-refractivity contribution in [2.45, 2.75) is 53.2 Å². The van der Waals surface area contributed by atoms with E-state index in [2.05, 4.69) is 6.58 Å². The highest BCUT2D eigenvalue weighted by Gasteiger charge is 2.82. The molecule has 0 unspecified atom stereocenters. The maximum Gasteiger partial charge on any atom is 0.460 e. The minimum absolute atomic E-state index is 0.0235. The zero-order valence-electron chi connectivity index (χ0n) is 24.2. The molecule has 5 nitrogen and oxygen atoms in total. The van der Waals surface area contributed by atoms with Crippen molar-refractivity contribution >= 4 is 35.6 Å². The molecule has 0 aliphatic heterocycles. The van der Waals surface area contributed by atoms with Gasteiger partial charge in [-0.2, -0.15) is 74.6 Å². The molecule has 0 aromatic heterocycles. The molecule has 0 aliphatic carbocycles. The van der Waals surface area contributed by atoms with Gasteiger partial charge in [-0.05, 0) is 26.2 Å². The Labute approximate surface area is 269 Å². The average Bonchev–Trinajstić information content (AvgIpc) is 2.90. The first kappa shape index (κ1) is 43.7. The third kappa shape index (κ3) is 9.46. The number of hydrogen-bond donors (Lipinski definition) is 0. The maximum atomic E-state index is 13.9. The lowest BCUT2D eigenvalue weighted by Gasteiger charge is -2.36. The zero-order valence-corrected chi connectivity index (χ0v) is 25.8. The molecule has 0 radical (unpaired) electrons. The summed E-state index contributed by atoms with van der Waals surface area (Å²) in [6, 6.07) is 4.58. The summed E-state index contributed by atoms with van der Waals surface area (Å²) in [5.41, 5.74) is -0.320. The summed E-state index contributed by atoms with van der Waals surface area (Å²) in [7, 11) is 1.32. The summed E-state index contributed by atoms with van der Waals surface area (Å²) in [4.78, 5) is 12.3. The second kappa shape index (κ2) is 14.9. The number of halogens is 17. The quantitative estimate of drug-likeness (QED) is 0.0639. The standard InChI is InChI=1S/C24H23F17N2O3S2/c1-13(45-10-8-42(3)48-24(40,41)21(33,34)19(29,30)22(35,36)37)14-6-5-7-15(12-14)16(44)46-11-9-43(4)47-23(38,39)20(31,32)18(27,28)17(2,25)26/h5-7,12H,1,8-11H2,2-4H3. The first-order chi connectivity index (χ1) is 21.3. The van der Waals surface area contributed by atoms with Crippen LogP contribution >= 0.6 is 23.9 Å². The van der Waals surface area contributed by atoms with Crippen molar-refractivity contribution in [1.82, 2.24) is 8.61 Å². The van der Waals surface area contributed by atoms with E-state index in [0.29, 0.717) is 14.1 Å². The van der Waals surface area contributed by atoms with Crippen LogP contribution < -0.4 is 0 Å². The molecule has 0 heterocycles. The molecule has 0 bridgehead atoms. The van der Waals surface area contributed by atoms with Crippen molar-refractivity contribution in [2.24, 2.45) is 0 Å². The van der Waals surface area contributed by atoms with Gasteiger partial charge in [0.15, 0.2) is 0 Å². The maximum absolute atomic E-state index is 13.9. The lowest BCUT2D eigenvalue weighted by Crippen LogP contribution is -2.60. The van der Waals surface area contributed by atoms with E-state index >= 15 is 0 Å². The largest absolute Gasteiger partial charge is 0.492 e. The van der Waals surface area contributed by atoms with Gasteiger partial charge in [-0.1, -0.05) is 18.7 Å². The van der Waals surface area contributed by atoms with Crippen LogP contribution in [0.1, 0.15) is 22.8 Å². The first-order valence-corrected chi connectivity index (χ1v) is 13.9. The van der Waals surface area contributed by atoms with E-state index < -0.39 is 109 Å². The van der Waals surface area contributed by atoms with Gasteiger partial charge in [0.05, 0.1) is 5.56 Å². The summed E-state index contributed by atoms with van der Waals surface area (Å²) in [6.45, 7) is -0.335. The van der Waals surface area contributed by atoms with Crippen molar-refractivity contribution in [3.63, 3.8) is 0 Å². The summed E-state index contributed by atoms with van der Waals surface area (Å²) < 4.78 is 235. The Balaban J connectivity index is 2.73. The Bertz CT molecular complexity index is 1180. The van der Waals surface area contributed by atoms with E-state index in [-0.39, 0.29) is 25.5 Å². The molecular weight excluding hydrogens is 751 g/mol. The van der Waals surface area contributed by atoms with Crippen LogP contribution in [0.2, 0.25) is 0 Å². The smallest absolute Gasteiger partial charge is 0.460 e. The van der Waals surface area contributed by atoms with E-state index in [1.165, 1.54) is 12.1 Å². The molecule has 0 amide bonds. The summed E-state index contributed by atoms with van der Waals surface area (Å²) >= 11 is -2.55. The minimum Gasteiger partial charge on any atom is -0.492 e. The molecule has 0 aliphatic rings. The van der Waals surface area contributed by atoms with E-state index in [0.717, 1.165) is 12.1 Å². The summed E-state index contributed by atoms with van der Waals surface area (Å²) in [5, 5.41) is -11.7. The number of esters is 1. The Morgan fingerprint density at radius 3 is 1.48 bits per heavy atom. The lowest BCUT2D eigenvalue weighted by molar-refractivity contribution is -0.381. The number of carbonyl (C=O) groups is 1. The number of ether oxygens (including phenoxy) is 2. The van der Waals surface area contributed by atoms with Gasteiger partial charge in [0, 0.05) is 49.5 Å². The van der Waals surface area contributed by atoms with Crippen molar-refractivity contribution in [2.75, 3.05) is 40.4 Å². The predicted molar refractivity (Wildman–Crippen MR) is 139 cm³/mol. The van der Waals surface area contributed by atoms with Crippen LogP contribution in [0.4, 0.5) is 74.6 Å². The highest BCUT2D eigenvalue weighted by Crippen LogP contribution is 2.58. The van der Waals surface area contributed by atoms with E-state index in [9.17, 15) is 79.4 Å². The predicted octanol–water partition coefficient (Wildman–Crippen LogP) is 8.94. The molecule has 1 rings (SSSR count). The number of alkyl halides is 17. The van der Waals surface area contributed by atoms with Crippen LogP contribution in [-0.4, -0.2) is 101 Å². The Hall–Kier alpha value is -2.34. The van der Waals surface area contributed by atoms with Crippen LogP contribution in [0.5, 0.6) is 0 Å². The van der Waals surface area contributed by atoms with Crippen molar-refractivity contribution in [1.29, 1.82) is 0 Å². The molecule has 0 fully saturated rings. The monoisotopic (exact) mass is 774 g/mol. The fraction of sp³-hybridized carbons (Fsp3) is 0.625. The second-order valence-electron chi connectivity index (χ2n) is 9.59. The van der Waals surface area contributed by atoms with Crippen LogP contribution in [0.3, 0.4) is 0 Å². The molecule has 278 valence electrons. The number of hydrogen-bond acceptors (Lipinski definition) is 7. The molecule has 0 atom stereocenters. The molecule has 0 N–H and O–H groups in total. The van der Waals surface area contributed by atoms with Gasteiger partial charge in [-0.3, -0.25) is 0 Å². The van der Waals surface area contributed by atoms with Gasteiger partial charge in [0.25, 0.3) is 0 Å². The zero-order chi connectivity index (χ0) is 37.9. The number of benzene rings is 1. The van der Waals surface area contributed by atoms with Crippen molar-refractivity contribution < 1.29 is 88.9 Å². The normalized spacial score (nSPS) is 14.5. The summed E-state index contributed by atoms with van der Waals surface area (Å²) in [6.07, 6.45) is -6.99. The van der Waals surface area contributed by atoms with Crippen molar-refractivity contribution in [3.8, 4) is 0 Å². The molecule has 0 saturated carbocycles. The van der Waals surface area contributed by atoms with Crippen LogP contribution in [0.15, 0.2) is 30.8 Å². The number of rotatable bonds is 18. The SMILES string of the molecule is C=C(OCCN(C)SC(F)(F)C(F)(F)C(F)(F)C(F)(F)F)c1cccc(C(=O)OCCN(C)SC(F)(F)C(F)(F)C(F)(F)C(C)(F)F)c1. The van der Waals surface area contributed by atoms with E-state index in [1.807, 2.05) is 0 Å². The topological polar surface area (TPSA) is 42.0 Å². The Kier molecular flexibility index (Phi) is 13.5. The van der Waals surface area contributed by atoms with Crippen LogP contribution in [0.25, 0.3) is 5.76 Å². The molecule has 1 aromatic carbocycles. The van der Waals surface area contributed by atoms with Gasteiger partial charge < -0.3 is 9.47 Å². The summed E-state index contributed by atoms with van der Waals surface area (Å²) in [5.74, 6) is -33.9. The fourth-order valence-corrected chi connectivity index (χ4v) is 4.57. The Morgan fingerprint density at radius 2 is 1.06 bits per heavy atom. The fourth-order valence-electron chi connectivity index (χ4n) is 2.97. The molecular formula is C24H23F17N2O3S2. The van der Waals surface area contributed by atoms with Gasteiger partial charge in [-0.15, -0.1) is 0 Å². The number of carbonyl (C=O) groups excluding carboxylic acids is 1. The highest BCUT2D eigenvalue weighted by atomic mass is 32.2. The average molecular weight is 775 g/mol. The van der Waals surface area contributed by atoms with Gasteiger partial charge in [0.1, 0.15) is 19.0 Å². The third-order valence-corrected chi connectivity index (χ3v) is 7.67. The number of likely N-dealkylation sites (N-methyl/N-ethyl adjacent to an activating group) is 2. The Morgan fingerprint density at radius 1 is 0.667 bits per heavy atom. The third-order valence-electron chi connectivity index (χ3n) is 5.71. The van der Waals surface area contributed by atoms with Crippen LogP contribution in [-0.2, 0) is 9.47 Å². The molecule has 1 aromatic rings. The van der Waals surface area contributed by atoms with Gasteiger partial charge >= 0.3 is 52.3 Å². The molecule has 0 spiro atoms. The minimum atomic E-state index is -7.08. The second-order valence-corrected chi connectivity index (χ2v) is 12.2. The number of nitrogens with zero attached hydrogens (tertiary/aromatic N) is 2. The van der Waals surface area contributed by atoms with Crippen molar-refractivity contribution in [3.05, 3.63) is 42.0 Å². The molecule has 48 heavy (non-hydrogen) atoms. The molecule has 0 saturated heterocycles. The van der Waals surface area contributed by atoms with Gasteiger partial charge in [-0.25, -0.2) is 13.4 Å². The highest BCUT2D eigenvalue weighted by molar-refractivity contribution is 7.98. The van der Waals surface area contributed by atoms with E-state index in [1.54, 1.807) is 0 Å². The molecule has 24 heteroatoms. The van der Waals surface area contributed by atoms with E-state index in [4.69, 9.17) is 9.47 Å². The lowest BCUT2D eigenvalue weighted by atomic mass is 10.1. The van der Waals surface area contributed by atoms with Gasteiger partial charge in [0.2, 0.25) is 0 Å². The van der Waals surface area contributed by atoms with Crippen LogP contribution in [0, 0.1) is 0 Å².